The third-order valence-electron chi connectivity index (χ3n) is 7.67. The lowest BCUT2D eigenvalue weighted by Gasteiger charge is -2.45. The minimum absolute atomic E-state index is 0.0217. The fraction of sp³-hybridized carbons (Fsp3) is 0.290. The van der Waals surface area contributed by atoms with Crippen LogP contribution in [0.1, 0.15) is 42.1 Å². The summed E-state index contributed by atoms with van der Waals surface area (Å²) in [5.41, 5.74) is 4.64. The van der Waals surface area contributed by atoms with Gasteiger partial charge in [-0.3, -0.25) is 9.69 Å². The van der Waals surface area contributed by atoms with Crippen LogP contribution in [0, 0.1) is 23.7 Å². The highest BCUT2D eigenvalue weighted by molar-refractivity contribution is 5.92. The lowest BCUT2D eigenvalue weighted by molar-refractivity contribution is 0.149. The van der Waals surface area contributed by atoms with Gasteiger partial charge in [-0.1, -0.05) is 49.9 Å². The first-order valence-corrected chi connectivity index (χ1v) is 13.0. The molecule has 196 valence electrons. The van der Waals surface area contributed by atoms with Gasteiger partial charge in [0.1, 0.15) is 23.1 Å². The average Bonchev–Trinajstić information content (AvgIpc) is 2.96. The van der Waals surface area contributed by atoms with Gasteiger partial charge in [-0.2, -0.15) is 5.26 Å². The van der Waals surface area contributed by atoms with Crippen molar-refractivity contribution in [2.45, 2.75) is 32.4 Å². The second kappa shape index (κ2) is 10.7. The summed E-state index contributed by atoms with van der Waals surface area (Å²) in [6.45, 7) is 13.4. The zero-order valence-corrected chi connectivity index (χ0v) is 22.2. The van der Waals surface area contributed by atoms with E-state index in [1.807, 2.05) is 24.3 Å². The molecule has 2 aromatic heterocycles. The van der Waals surface area contributed by atoms with Crippen LogP contribution >= 0.6 is 0 Å². The third-order valence-corrected chi connectivity index (χ3v) is 7.67. The minimum Gasteiger partial charge on any atom is -0.364 e. The van der Waals surface area contributed by atoms with E-state index in [4.69, 9.17) is 6.57 Å². The van der Waals surface area contributed by atoms with E-state index < -0.39 is 0 Å². The van der Waals surface area contributed by atoms with Crippen LogP contribution in [0.2, 0.25) is 0 Å². The predicted octanol–water partition coefficient (Wildman–Crippen LogP) is 5.36. The van der Waals surface area contributed by atoms with Gasteiger partial charge >= 0.3 is 0 Å². The van der Waals surface area contributed by atoms with Crippen LogP contribution in [0.15, 0.2) is 65.5 Å². The Bertz CT molecular complexity index is 1680. The predicted molar refractivity (Wildman–Crippen MR) is 150 cm³/mol. The van der Waals surface area contributed by atoms with Crippen molar-refractivity contribution < 1.29 is 4.39 Å². The molecule has 1 aliphatic rings. The number of anilines is 1. The fourth-order valence-electron chi connectivity index (χ4n) is 5.73. The highest BCUT2D eigenvalue weighted by Gasteiger charge is 2.35. The number of hydrogen-bond acceptors (Lipinski definition) is 5. The molecule has 0 spiro atoms. The van der Waals surface area contributed by atoms with E-state index in [1.54, 1.807) is 19.2 Å². The lowest BCUT2D eigenvalue weighted by Crippen LogP contribution is -2.53. The molecule has 0 N–H and O–H groups in total. The van der Waals surface area contributed by atoms with E-state index in [1.165, 1.54) is 27.8 Å². The molecule has 0 aliphatic carbocycles. The normalized spacial score (nSPS) is 16.6. The number of nitrogens with zero attached hydrogens (tertiary/aromatic N) is 6. The summed E-state index contributed by atoms with van der Waals surface area (Å²) in [7, 11) is 1.62. The van der Waals surface area contributed by atoms with E-state index in [-0.39, 0.29) is 34.8 Å². The van der Waals surface area contributed by atoms with Crippen LogP contribution < -0.4 is 10.5 Å². The van der Waals surface area contributed by atoms with Gasteiger partial charge in [-0.25, -0.2) is 4.39 Å². The zero-order valence-electron chi connectivity index (χ0n) is 22.2. The number of nitriles is 1. The van der Waals surface area contributed by atoms with Crippen molar-refractivity contribution >= 4 is 22.5 Å². The van der Waals surface area contributed by atoms with Gasteiger partial charge in [-0.05, 0) is 54.3 Å². The quantitative estimate of drug-likeness (QED) is 0.332. The molecular weight excluding hydrogens is 491 g/mol. The largest absolute Gasteiger partial charge is 0.364 e. The summed E-state index contributed by atoms with van der Waals surface area (Å²) in [6.07, 6.45) is 0.877. The number of piperazine rings is 1. The van der Waals surface area contributed by atoms with Crippen LogP contribution in [0.3, 0.4) is 0 Å². The molecule has 8 heteroatoms. The van der Waals surface area contributed by atoms with Crippen molar-refractivity contribution in [3.8, 4) is 6.07 Å². The number of aryl methyl sites for hydroxylation is 2. The van der Waals surface area contributed by atoms with E-state index in [0.717, 1.165) is 12.0 Å². The molecule has 2 atom stereocenters. The Balaban J connectivity index is 1.58. The maximum atomic E-state index is 13.9. The summed E-state index contributed by atoms with van der Waals surface area (Å²) < 4.78 is 15.3. The number of fused-ring (bicyclic) bond motifs is 1. The molecule has 3 heterocycles. The van der Waals surface area contributed by atoms with E-state index in [2.05, 4.69) is 51.7 Å². The van der Waals surface area contributed by atoms with E-state index in [0.29, 0.717) is 36.4 Å². The number of halogens is 1. The van der Waals surface area contributed by atoms with Gasteiger partial charge in [0.25, 0.3) is 11.4 Å². The Kier molecular flexibility index (Phi) is 7.15. The lowest BCUT2D eigenvalue weighted by atomic mass is 9.90. The molecule has 1 saturated heterocycles. The van der Waals surface area contributed by atoms with Gasteiger partial charge in [0.15, 0.2) is 0 Å². The highest BCUT2D eigenvalue weighted by atomic mass is 19.1. The molecule has 4 aromatic rings. The number of benzene rings is 2. The zero-order chi connectivity index (χ0) is 27.7. The number of pyridine rings is 2. The van der Waals surface area contributed by atoms with E-state index in [9.17, 15) is 14.4 Å². The molecule has 0 saturated carbocycles. The van der Waals surface area contributed by atoms with Gasteiger partial charge in [0.05, 0.1) is 11.6 Å². The standard InChI is InChI=1S/C31H29FN6O/c1-5-21-8-6-7-9-24(21)29(22-10-12-23(32)13-11-22)38-17-16-37(19-20(38)2)30-25(18-33)31(39)36(4)26-14-15-27(34-3)35-28(26)30/h6-15,20,29H,5,16-17,19H2,1-2,4H3/t20-,29?/m1/s1. The van der Waals surface area contributed by atoms with Crippen molar-refractivity contribution in [2.75, 3.05) is 24.5 Å². The van der Waals surface area contributed by atoms with Gasteiger partial charge in [0, 0.05) is 32.7 Å². The van der Waals surface area contributed by atoms with Gasteiger partial charge in [-0.15, -0.1) is 4.98 Å². The average molecular weight is 521 g/mol. The third kappa shape index (κ3) is 4.65. The maximum Gasteiger partial charge on any atom is 0.271 e. The minimum atomic E-state index is -0.381. The first-order chi connectivity index (χ1) is 18.9. The Morgan fingerprint density at radius 1 is 1.15 bits per heavy atom. The Hall–Kier alpha value is -4.53. The van der Waals surface area contributed by atoms with Crippen LogP contribution in [-0.2, 0) is 13.5 Å². The van der Waals surface area contributed by atoms with Crippen LogP contribution in [-0.4, -0.2) is 40.1 Å². The molecule has 1 unspecified atom stereocenters. The smallest absolute Gasteiger partial charge is 0.271 e. The molecule has 39 heavy (non-hydrogen) atoms. The van der Waals surface area contributed by atoms with Crippen molar-refractivity contribution in [3.05, 3.63) is 111 Å². The van der Waals surface area contributed by atoms with Gasteiger partial charge < -0.3 is 14.3 Å². The maximum absolute atomic E-state index is 13.9. The first kappa shape index (κ1) is 26.1. The van der Waals surface area contributed by atoms with Crippen molar-refractivity contribution in [2.24, 2.45) is 7.05 Å². The number of rotatable bonds is 5. The number of hydrogen-bond donors (Lipinski definition) is 0. The second-order valence-corrected chi connectivity index (χ2v) is 9.89. The Morgan fingerprint density at radius 2 is 1.90 bits per heavy atom. The summed E-state index contributed by atoms with van der Waals surface area (Å²) in [4.78, 5) is 25.6. The molecule has 7 nitrogen and oxygen atoms in total. The molecule has 0 radical (unpaired) electrons. The summed E-state index contributed by atoms with van der Waals surface area (Å²) in [5.74, 6) is -0.0579. The fourth-order valence-corrected chi connectivity index (χ4v) is 5.73. The molecule has 1 fully saturated rings. The first-order valence-electron chi connectivity index (χ1n) is 13.0. The molecule has 2 aromatic carbocycles. The monoisotopic (exact) mass is 520 g/mol. The van der Waals surface area contributed by atoms with Crippen LogP contribution in [0.25, 0.3) is 15.9 Å². The molecule has 0 amide bonds. The van der Waals surface area contributed by atoms with Crippen molar-refractivity contribution in [1.29, 1.82) is 5.26 Å². The topological polar surface area (TPSA) is 69.5 Å². The van der Waals surface area contributed by atoms with Crippen LogP contribution in [0.5, 0.6) is 0 Å². The number of aromatic nitrogens is 2. The molecular formula is C31H29FN6O. The summed E-state index contributed by atoms with van der Waals surface area (Å²) in [6, 6.07) is 20.4. The van der Waals surface area contributed by atoms with Crippen LogP contribution in [0.4, 0.5) is 15.9 Å². The summed E-state index contributed by atoms with van der Waals surface area (Å²) >= 11 is 0. The summed E-state index contributed by atoms with van der Waals surface area (Å²) in [5, 5.41) is 10.0. The van der Waals surface area contributed by atoms with E-state index >= 15 is 0 Å². The highest BCUT2D eigenvalue weighted by Crippen LogP contribution is 2.36. The molecule has 0 bridgehead atoms. The SMILES string of the molecule is [C-]#[N+]c1ccc2c(n1)c(N1CCN(C(c3ccc(F)cc3)c3ccccc3CC)[C@H](C)C1)c(C#N)c(=O)n2C. The second-order valence-electron chi connectivity index (χ2n) is 9.89. The molecule has 1 aliphatic heterocycles. The van der Waals surface area contributed by atoms with Gasteiger partial charge in [0.2, 0.25) is 5.52 Å². The molecule has 5 rings (SSSR count). The van der Waals surface area contributed by atoms with Crippen molar-refractivity contribution in [1.82, 2.24) is 14.5 Å². The Labute approximate surface area is 227 Å². The Morgan fingerprint density at radius 3 is 2.56 bits per heavy atom. The van der Waals surface area contributed by atoms with Crippen molar-refractivity contribution in [3.63, 3.8) is 0 Å².